The maximum atomic E-state index is 6.05. The molecule has 0 saturated heterocycles. The van der Waals surface area contributed by atoms with E-state index in [-0.39, 0.29) is 0 Å². The van der Waals surface area contributed by atoms with Crippen molar-refractivity contribution in [2.45, 2.75) is 10.8 Å². The standard InChI is InChI=1S/C12H10Cl2/c13-12(14)8-4-7-11(9-12)10-5-2-1-3-6-10/h1-8H,9H2. The minimum atomic E-state index is -0.750. The Hall–Kier alpha value is -0.720. The second kappa shape index (κ2) is 3.80. The molecule has 1 aliphatic rings. The minimum absolute atomic E-state index is 0.663. The Kier molecular flexibility index (Phi) is 2.66. The highest BCUT2D eigenvalue weighted by Crippen LogP contribution is 2.37. The Labute approximate surface area is 93.8 Å². The molecule has 0 fully saturated rings. The molecule has 72 valence electrons. The van der Waals surface area contributed by atoms with E-state index in [1.165, 1.54) is 11.1 Å². The van der Waals surface area contributed by atoms with E-state index < -0.39 is 4.33 Å². The fraction of sp³-hybridized carbons (Fsp3) is 0.167. The lowest BCUT2D eigenvalue weighted by Crippen LogP contribution is -2.11. The first-order valence-corrected chi connectivity index (χ1v) is 5.25. The van der Waals surface area contributed by atoms with Gasteiger partial charge in [-0.05, 0) is 17.2 Å². The Morgan fingerprint density at radius 2 is 1.79 bits per heavy atom. The van der Waals surface area contributed by atoms with Crippen LogP contribution in [0.4, 0.5) is 0 Å². The summed E-state index contributed by atoms with van der Waals surface area (Å²) in [6, 6.07) is 10.2. The molecule has 0 atom stereocenters. The number of allylic oxidation sites excluding steroid dienone is 4. The van der Waals surface area contributed by atoms with E-state index in [1.807, 2.05) is 30.4 Å². The molecule has 1 aromatic rings. The van der Waals surface area contributed by atoms with Crippen molar-refractivity contribution >= 4 is 28.8 Å². The summed E-state index contributed by atoms with van der Waals surface area (Å²) >= 11 is 12.1. The lowest BCUT2D eigenvalue weighted by atomic mass is 9.97. The van der Waals surface area contributed by atoms with Crippen molar-refractivity contribution in [1.29, 1.82) is 0 Å². The van der Waals surface area contributed by atoms with Crippen molar-refractivity contribution in [2.75, 3.05) is 0 Å². The maximum absolute atomic E-state index is 6.05. The third-order valence-corrected chi connectivity index (χ3v) is 2.73. The van der Waals surface area contributed by atoms with Crippen LogP contribution in [0.25, 0.3) is 5.57 Å². The van der Waals surface area contributed by atoms with E-state index in [0.29, 0.717) is 6.42 Å². The van der Waals surface area contributed by atoms with Gasteiger partial charge in [-0.15, -0.1) is 0 Å². The first-order chi connectivity index (χ1) is 6.67. The summed E-state index contributed by atoms with van der Waals surface area (Å²) in [6.07, 6.45) is 6.43. The van der Waals surface area contributed by atoms with Crippen LogP contribution in [0.2, 0.25) is 0 Å². The molecule has 2 rings (SSSR count). The number of hydrogen-bond donors (Lipinski definition) is 0. The molecule has 0 bridgehead atoms. The van der Waals surface area contributed by atoms with Gasteiger partial charge in [0.05, 0.1) is 0 Å². The maximum Gasteiger partial charge on any atom is 0.140 e. The normalized spacial score (nSPS) is 19.1. The quantitative estimate of drug-likeness (QED) is 0.628. The Balaban J connectivity index is 2.30. The van der Waals surface area contributed by atoms with Gasteiger partial charge in [0.2, 0.25) is 0 Å². The molecular weight excluding hydrogens is 215 g/mol. The van der Waals surface area contributed by atoms with Crippen molar-refractivity contribution in [1.82, 2.24) is 0 Å². The van der Waals surface area contributed by atoms with Crippen molar-refractivity contribution in [3.8, 4) is 0 Å². The number of benzene rings is 1. The van der Waals surface area contributed by atoms with Crippen molar-refractivity contribution in [3.63, 3.8) is 0 Å². The van der Waals surface area contributed by atoms with Crippen molar-refractivity contribution < 1.29 is 0 Å². The van der Waals surface area contributed by atoms with E-state index >= 15 is 0 Å². The van der Waals surface area contributed by atoms with Crippen LogP contribution < -0.4 is 0 Å². The average Bonchev–Trinajstić information content (AvgIpc) is 2.18. The van der Waals surface area contributed by atoms with Gasteiger partial charge in [-0.25, -0.2) is 0 Å². The predicted octanol–water partition coefficient (Wildman–Crippen LogP) is 4.20. The molecular formula is C12H10Cl2. The highest BCUT2D eigenvalue weighted by molar-refractivity contribution is 6.50. The van der Waals surface area contributed by atoms with Crippen LogP contribution in [0.1, 0.15) is 12.0 Å². The summed E-state index contributed by atoms with van der Waals surface area (Å²) in [5, 5.41) is 0. The fourth-order valence-corrected chi connectivity index (χ4v) is 1.96. The summed E-state index contributed by atoms with van der Waals surface area (Å²) in [4.78, 5) is 0. The molecule has 0 aliphatic heterocycles. The first kappa shape index (κ1) is 9.82. The van der Waals surface area contributed by atoms with Crippen molar-refractivity contribution in [3.05, 3.63) is 54.1 Å². The van der Waals surface area contributed by atoms with E-state index in [1.54, 1.807) is 0 Å². The lowest BCUT2D eigenvalue weighted by Gasteiger charge is -2.20. The van der Waals surface area contributed by atoms with Gasteiger partial charge >= 0.3 is 0 Å². The summed E-state index contributed by atoms with van der Waals surface area (Å²) in [7, 11) is 0. The zero-order valence-electron chi connectivity index (χ0n) is 7.58. The molecule has 0 N–H and O–H groups in total. The molecule has 0 nitrogen and oxygen atoms in total. The smallest absolute Gasteiger partial charge is 0.0966 e. The van der Waals surface area contributed by atoms with E-state index in [0.717, 1.165) is 0 Å². The largest absolute Gasteiger partial charge is 0.140 e. The number of rotatable bonds is 1. The molecule has 0 saturated carbocycles. The highest BCUT2D eigenvalue weighted by atomic mass is 35.5. The molecule has 0 unspecified atom stereocenters. The van der Waals surface area contributed by atoms with E-state index in [2.05, 4.69) is 18.2 Å². The molecule has 0 spiro atoms. The number of alkyl halides is 2. The second-order valence-corrected chi connectivity index (χ2v) is 4.90. The first-order valence-electron chi connectivity index (χ1n) is 4.49. The van der Waals surface area contributed by atoms with Crippen LogP contribution in [-0.2, 0) is 0 Å². The zero-order valence-corrected chi connectivity index (χ0v) is 9.09. The van der Waals surface area contributed by atoms with Gasteiger partial charge < -0.3 is 0 Å². The number of hydrogen-bond acceptors (Lipinski definition) is 0. The second-order valence-electron chi connectivity index (χ2n) is 3.35. The lowest BCUT2D eigenvalue weighted by molar-refractivity contribution is 0.978. The van der Waals surface area contributed by atoms with Crippen LogP contribution in [-0.4, -0.2) is 4.33 Å². The van der Waals surface area contributed by atoms with Crippen LogP contribution in [0, 0.1) is 0 Å². The molecule has 2 heteroatoms. The Bertz CT molecular complexity index is 375. The van der Waals surface area contributed by atoms with Crippen LogP contribution in [0.5, 0.6) is 0 Å². The van der Waals surface area contributed by atoms with Gasteiger partial charge in [0, 0.05) is 6.42 Å². The molecule has 14 heavy (non-hydrogen) atoms. The predicted molar refractivity (Wildman–Crippen MR) is 62.6 cm³/mol. The third kappa shape index (κ3) is 2.20. The zero-order chi connectivity index (χ0) is 10.0. The summed E-state index contributed by atoms with van der Waals surface area (Å²) in [5.41, 5.74) is 2.36. The molecule has 0 amide bonds. The third-order valence-electron chi connectivity index (χ3n) is 2.21. The van der Waals surface area contributed by atoms with Gasteiger partial charge in [0.1, 0.15) is 4.33 Å². The van der Waals surface area contributed by atoms with Crippen molar-refractivity contribution in [2.24, 2.45) is 0 Å². The van der Waals surface area contributed by atoms with Gasteiger partial charge in [0.25, 0.3) is 0 Å². The van der Waals surface area contributed by atoms with E-state index in [4.69, 9.17) is 23.2 Å². The summed E-state index contributed by atoms with van der Waals surface area (Å²) < 4.78 is -0.750. The van der Waals surface area contributed by atoms with Gasteiger partial charge in [0.15, 0.2) is 0 Å². The Morgan fingerprint density at radius 1 is 1.07 bits per heavy atom. The highest BCUT2D eigenvalue weighted by Gasteiger charge is 2.24. The topological polar surface area (TPSA) is 0 Å². The molecule has 0 radical (unpaired) electrons. The van der Waals surface area contributed by atoms with Gasteiger partial charge in [-0.2, -0.15) is 0 Å². The van der Waals surface area contributed by atoms with Crippen LogP contribution in [0.15, 0.2) is 48.6 Å². The van der Waals surface area contributed by atoms with Crippen LogP contribution in [0.3, 0.4) is 0 Å². The molecule has 1 aromatic carbocycles. The number of halogens is 2. The molecule has 1 aliphatic carbocycles. The van der Waals surface area contributed by atoms with Crippen LogP contribution >= 0.6 is 23.2 Å². The monoisotopic (exact) mass is 224 g/mol. The summed E-state index contributed by atoms with van der Waals surface area (Å²) in [6.45, 7) is 0. The molecule has 0 heterocycles. The SMILES string of the molecule is ClC1(Cl)C=CC=C(c2ccccc2)C1. The molecule has 0 aromatic heterocycles. The van der Waals surface area contributed by atoms with Gasteiger partial charge in [-0.3, -0.25) is 0 Å². The minimum Gasteiger partial charge on any atom is -0.0966 e. The fourth-order valence-electron chi connectivity index (χ4n) is 1.53. The average molecular weight is 225 g/mol. The van der Waals surface area contributed by atoms with Gasteiger partial charge in [-0.1, -0.05) is 65.7 Å². The summed E-state index contributed by atoms with van der Waals surface area (Å²) in [5.74, 6) is 0. The Morgan fingerprint density at radius 3 is 2.43 bits per heavy atom. The van der Waals surface area contributed by atoms with E-state index in [9.17, 15) is 0 Å².